The van der Waals surface area contributed by atoms with Gasteiger partial charge in [-0.3, -0.25) is 0 Å². The van der Waals surface area contributed by atoms with Crippen molar-refractivity contribution in [3.05, 3.63) is 18.3 Å². The third kappa shape index (κ3) is 4.10. The van der Waals surface area contributed by atoms with Gasteiger partial charge in [0.1, 0.15) is 6.10 Å². The van der Waals surface area contributed by atoms with Crippen molar-refractivity contribution < 1.29 is 9.47 Å². The van der Waals surface area contributed by atoms with Crippen LogP contribution in [-0.2, 0) is 4.74 Å². The van der Waals surface area contributed by atoms with Crippen LogP contribution in [0.4, 0.5) is 5.69 Å². The first-order chi connectivity index (χ1) is 9.19. The van der Waals surface area contributed by atoms with E-state index in [4.69, 9.17) is 9.47 Å². The molecule has 0 unspecified atom stereocenters. The highest BCUT2D eigenvalue weighted by atomic mass is 16.5. The molecule has 19 heavy (non-hydrogen) atoms. The summed E-state index contributed by atoms with van der Waals surface area (Å²) < 4.78 is 11.4. The molecule has 0 saturated heterocycles. The molecule has 4 nitrogen and oxygen atoms in total. The zero-order chi connectivity index (χ0) is 13.7. The molecule has 1 aliphatic carbocycles. The predicted molar refractivity (Wildman–Crippen MR) is 76.7 cm³/mol. The van der Waals surface area contributed by atoms with Crippen molar-refractivity contribution in [2.75, 3.05) is 12.4 Å². The van der Waals surface area contributed by atoms with Crippen LogP contribution in [0.15, 0.2) is 18.3 Å². The number of pyridine rings is 1. The van der Waals surface area contributed by atoms with Crippen molar-refractivity contribution >= 4 is 5.69 Å². The van der Waals surface area contributed by atoms with E-state index < -0.39 is 0 Å². The summed E-state index contributed by atoms with van der Waals surface area (Å²) in [4.78, 5) is 4.35. The van der Waals surface area contributed by atoms with E-state index in [-0.39, 0.29) is 6.10 Å². The Hall–Kier alpha value is -1.29. The Morgan fingerprint density at radius 2 is 1.89 bits per heavy atom. The fourth-order valence-corrected chi connectivity index (χ4v) is 2.45. The highest BCUT2D eigenvalue weighted by Crippen LogP contribution is 2.28. The zero-order valence-electron chi connectivity index (χ0n) is 12.1. The van der Waals surface area contributed by atoms with Crippen LogP contribution >= 0.6 is 0 Å². The Morgan fingerprint density at radius 1 is 1.21 bits per heavy atom. The lowest BCUT2D eigenvalue weighted by Crippen LogP contribution is -2.28. The first kappa shape index (κ1) is 14.1. The summed E-state index contributed by atoms with van der Waals surface area (Å²) in [5.74, 6) is 0.720. The van der Waals surface area contributed by atoms with Crippen molar-refractivity contribution in [1.29, 1.82) is 0 Å². The molecule has 0 bridgehead atoms. The van der Waals surface area contributed by atoms with Crippen LogP contribution in [-0.4, -0.2) is 30.3 Å². The van der Waals surface area contributed by atoms with E-state index >= 15 is 0 Å². The van der Waals surface area contributed by atoms with Gasteiger partial charge in [-0.05, 0) is 51.7 Å². The second-order valence-electron chi connectivity index (χ2n) is 5.41. The van der Waals surface area contributed by atoms with Crippen molar-refractivity contribution in [2.45, 2.75) is 57.8 Å². The fraction of sp³-hybridized carbons (Fsp3) is 0.667. The number of ether oxygens (including phenoxy) is 2. The number of methoxy groups -OCH3 is 1. The van der Waals surface area contributed by atoms with Crippen LogP contribution in [0.25, 0.3) is 0 Å². The van der Waals surface area contributed by atoms with E-state index in [9.17, 15) is 0 Å². The summed E-state index contributed by atoms with van der Waals surface area (Å²) in [6.07, 6.45) is 6.65. The monoisotopic (exact) mass is 264 g/mol. The summed E-state index contributed by atoms with van der Waals surface area (Å²) in [6, 6.07) is 4.32. The topological polar surface area (TPSA) is 43.4 Å². The van der Waals surface area contributed by atoms with Crippen LogP contribution in [0.5, 0.6) is 5.88 Å². The minimum atomic E-state index is 0.258. The lowest BCUT2D eigenvalue weighted by Gasteiger charge is -2.28. The van der Waals surface area contributed by atoms with E-state index in [0.29, 0.717) is 12.1 Å². The van der Waals surface area contributed by atoms with Gasteiger partial charge in [-0.15, -0.1) is 0 Å². The maximum absolute atomic E-state index is 6.05. The van der Waals surface area contributed by atoms with Gasteiger partial charge in [0.25, 0.3) is 0 Å². The largest absolute Gasteiger partial charge is 0.473 e. The van der Waals surface area contributed by atoms with Crippen molar-refractivity contribution in [1.82, 2.24) is 4.98 Å². The number of hydrogen-bond acceptors (Lipinski definition) is 4. The molecular formula is C15H24N2O2. The standard InChI is InChI=1S/C15H24N2O2/c1-11(2)17-14-5-4-10-16-15(14)19-13-8-6-12(18-3)7-9-13/h4-5,10-13,17H,6-9H2,1-3H3. The minimum absolute atomic E-state index is 0.258. The number of nitrogens with zero attached hydrogens (tertiary/aromatic N) is 1. The van der Waals surface area contributed by atoms with Gasteiger partial charge in [0, 0.05) is 19.3 Å². The summed E-state index contributed by atoms with van der Waals surface area (Å²) in [6.45, 7) is 4.22. The van der Waals surface area contributed by atoms with Gasteiger partial charge in [-0.1, -0.05) is 0 Å². The van der Waals surface area contributed by atoms with Crippen molar-refractivity contribution in [3.63, 3.8) is 0 Å². The molecule has 1 fully saturated rings. The Kier molecular flexibility index (Phi) is 5.02. The number of nitrogens with one attached hydrogen (secondary N) is 1. The minimum Gasteiger partial charge on any atom is -0.473 e. The van der Waals surface area contributed by atoms with Gasteiger partial charge in [-0.25, -0.2) is 4.98 Å². The normalized spacial score (nSPS) is 23.4. The summed E-state index contributed by atoms with van der Waals surface area (Å²) in [5.41, 5.74) is 0.978. The maximum Gasteiger partial charge on any atom is 0.237 e. The average Bonchev–Trinajstić information content (AvgIpc) is 2.41. The van der Waals surface area contributed by atoms with Gasteiger partial charge in [0.05, 0.1) is 11.8 Å². The maximum atomic E-state index is 6.05. The fourth-order valence-electron chi connectivity index (χ4n) is 2.45. The highest BCUT2D eigenvalue weighted by molar-refractivity contribution is 5.52. The molecule has 1 N–H and O–H groups in total. The quantitative estimate of drug-likeness (QED) is 0.886. The number of aromatic nitrogens is 1. The Morgan fingerprint density at radius 3 is 2.53 bits per heavy atom. The van der Waals surface area contributed by atoms with E-state index in [0.717, 1.165) is 37.3 Å². The van der Waals surface area contributed by atoms with E-state index in [2.05, 4.69) is 24.1 Å². The van der Waals surface area contributed by atoms with Gasteiger partial charge < -0.3 is 14.8 Å². The first-order valence-electron chi connectivity index (χ1n) is 7.10. The van der Waals surface area contributed by atoms with Gasteiger partial charge in [0.2, 0.25) is 5.88 Å². The van der Waals surface area contributed by atoms with Crippen LogP contribution in [0.1, 0.15) is 39.5 Å². The Balaban J connectivity index is 1.95. The molecule has 0 amide bonds. The van der Waals surface area contributed by atoms with Crippen LogP contribution in [0.3, 0.4) is 0 Å². The van der Waals surface area contributed by atoms with Gasteiger partial charge >= 0.3 is 0 Å². The molecule has 1 heterocycles. The molecule has 4 heteroatoms. The molecule has 1 aromatic heterocycles. The molecule has 106 valence electrons. The van der Waals surface area contributed by atoms with E-state index in [1.54, 1.807) is 13.3 Å². The number of anilines is 1. The molecule has 1 saturated carbocycles. The predicted octanol–water partition coefficient (Wildman–Crippen LogP) is 3.24. The molecule has 0 spiro atoms. The number of hydrogen-bond donors (Lipinski definition) is 1. The highest BCUT2D eigenvalue weighted by Gasteiger charge is 2.23. The van der Waals surface area contributed by atoms with Gasteiger partial charge in [0.15, 0.2) is 0 Å². The Bertz CT molecular complexity index is 387. The zero-order valence-corrected chi connectivity index (χ0v) is 12.1. The molecule has 2 rings (SSSR count). The van der Waals surface area contributed by atoms with Crippen LogP contribution in [0.2, 0.25) is 0 Å². The van der Waals surface area contributed by atoms with Crippen molar-refractivity contribution in [2.24, 2.45) is 0 Å². The molecule has 1 aromatic rings. The van der Waals surface area contributed by atoms with Crippen LogP contribution < -0.4 is 10.1 Å². The molecule has 1 aliphatic rings. The third-order valence-electron chi connectivity index (χ3n) is 3.45. The van der Waals surface area contributed by atoms with Crippen molar-refractivity contribution in [3.8, 4) is 5.88 Å². The molecule has 0 atom stereocenters. The second-order valence-corrected chi connectivity index (χ2v) is 5.41. The summed E-state index contributed by atoms with van der Waals surface area (Å²) >= 11 is 0. The van der Waals surface area contributed by atoms with Gasteiger partial charge in [-0.2, -0.15) is 0 Å². The Labute approximate surface area is 115 Å². The summed E-state index contributed by atoms with van der Waals surface area (Å²) in [5, 5.41) is 3.37. The SMILES string of the molecule is COC1CCC(Oc2ncccc2NC(C)C)CC1. The smallest absolute Gasteiger partial charge is 0.237 e. The molecular weight excluding hydrogens is 240 g/mol. The van der Waals surface area contributed by atoms with E-state index in [1.165, 1.54) is 0 Å². The number of rotatable bonds is 5. The third-order valence-corrected chi connectivity index (χ3v) is 3.45. The second kappa shape index (κ2) is 6.75. The lowest BCUT2D eigenvalue weighted by atomic mass is 9.95. The molecule has 0 radical (unpaired) electrons. The average molecular weight is 264 g/mol. The summed E-state index contributed by atoms with van der Waals surface area (Å²) in [7, 11) is 1.79. The lowest BCUT2D eigenvalue weighted by molar-refractivity contribution is 0.0316. The molecule has 0 aromatic carbocycles. The first-order valence-corrected chi connectivity index (χ1v) is 7.10. The van der Waals surface area contributed by atoms with E-state index in [1.807, 2.05) is 12.1 Å². The molecule has 0 aliphatic heterocycles. The van der Waals surface area contributed by atoms with Crippen LogP contribution in [0, 0.1) is 0 Å².